The summed E-state index contributed by atoms with van der Waals surface area (Å²) >= 11 is 6.02. The Morgan fingerprint density at radius 1 is 1.23 bits per heavy atom. The molecule has 2 rings (SSSR count). The third-order valence-electron chi connectivity index (χ3n) is 2.87. The Bertz CT molecular complexity index is 698. The van der Waals surface area contributed by atoms with Crippen LogP contribution in [0.5, 0.6) is 5.75 Å². The Labute approximate surface area is 134 Å². The molecule has 0 aliphatic carbocycles. The Morgan fingerprint density at radius 2 is 1.95 bits per heavy atom. The van der Waals surface area contributed by atoms with Crippen LogP contribution in [0.2, 0.25) is 5.02 Å². The van der Waals surface area contributed by atoms with Gasteiger partial charge in [0.25, 0.3) is 5.91 Å². The molecule has 0 saturated heterocycles. The van der Waals surface area contributed by atoms with Gasteiger partial charge < -0.3 is 10.1 Å². The first-order valence-electron chi connectivity index (χ1n) is 6.83. The van der Waals surface area contributed by atoms with Crippen molar-refractivity contribution < 1.29 is 14.3 Å². The van der Waals surface area contributed by atoms with E-state index in [1.807, 2.05) is 13.8 Å². The van der Waals surface area contributed by atoms with Crippen LogP contribution in [0.3, 0.4) is 0 Å². The first-order valence-corrected chi connectivity index (χ1v) is 7.21. The van der Waals surface area contributed by atoms with Gasteiger partial charge in [-0.1, -0.05) is 23.7 Å². The van der Waals surface area contributed by atoms with Crippen LogP contribution >= 0.6 is 11.6 Å². The molecule has 0 heterocycles. The van der Waals surface area contributed by atoms with Gasteiger partial charge >= 0.3 is 0 Å². The van der Waals surface area contributed by atoms with Crippen molar-refractivity contribution in [2.75, 3.05) is 5.32 Å². The number of hydrogen-bond acceptors (Lipinski definition) is 3. The van der Waals surface area contributed by atoms with Crippen LogP contribution in [-0.2, 0) is 0 Å². The van der Waals surface area contributed by atoms with Crippen molar-refractivity contribution in [1.29, 1.82) is 0 Å². The highest BCUT2D eigenvalue weighted by Crippen LogP contribution is 2.27. The summed E-state index contributed by atoms with van der Waals surface area (Å²) in [6.07, 6.45) is 0.655. The average molecular weight is 318 g/mol. The van der Waals surface area contributed by atoms with Crippen LogP contribution in [0.4, 0.5) is 5.69 Å². The molecule has 22 heavy (non-hydrogen) atoms. The van der Waals surface area contributed by atoms with Crippen LogP contribution in [0.25, 0.3) is 0 Å². The molecule has 0 fully saturated rings. The number of nitrogens with one attached hydrogen (secondary N) is 1. The highest BCUT2D eigenvalue weighted by molar-refractivity contribution is 6.34. The molecule has 4 nitrogen and oxygen atoms in total. The van der Waals surface area contributed by atoms with Crippen molar-refractivity contribution in [3.63, 3.8) is 0 Å². The SMILES string of the molecule is CC(C)Oc1ccc(C=O)cc1NC(=O)c1ccccc1Cl. The predicted octanol–water partition coefficient (Wildman–Crippen LogP) is 4.19. The van der Waals surface area contributed by atoms with Crippen molar-refractivity contribution in [1.82, 2.24) is 0 Å². The van der Waals surface area contributed by atoms with Crippen molar-refractivity contribution in [3.8, 4) is 5.75 Å². The summed E-state index contributed by atoms with van der Waals surface area (Å²) in [5, 5.41) is 3.10. The van der Waals surface area contributed by atoms with Gasteiger partial charge in [-0.05, 0) is 44.2 Å². The first kappa shape index (κ1) is 16.0. The summed E-state index contributed by atoms with van der Waals surface area (Å²) in [7, 11) is 0. The van der Waals surface area contributed by atoms with E-state index in [0.717, 1.165) is 0 Å². The fraction of sp³-hybridized carbons (Fsp3) is 0.176. The molecular formula is C17H16ClNO3. The zero-order chi connectivity index (χ0) is 16.1. The minimum atomic E-state index is -0.359. The molecule has 1 N–H and O–H groups in total. The number of hydrogen-bond donors (Lipinski definition) is 1. The second-order valence-electron chi connectivity index (χ2n) is 4.97. The van der Waals surface area contributed by atoms with Gasteiger partial charge in [0, 0.05) is 5.56 Å². The lowest BCUT2D eigenvalue weighted by atomic mass is 10.1. The molecule has 0 unspecified atom stereocenters. The Kier molecular flexibility index (Phi) is 5.17. The third kappa shape index (κ3) is 3.86. The van der Waals surface area contributed by atoms with Crippen molar-refractivity contribution in [2.24, 2.45) is 0 Å². The Morgan fingerprint density at radius 3 is 2.59 bits per heavy atom. The number of halogens is 1. The lowest BCUT2D eigenvalue weighted by Gasteiger charge is -2.15. The number of benzene rings is 2. The predicted molar refractivity (Wildman–Crippen MR) is 87.0 cm³/mol. The number of anilines is 1. The van der Waals surface area contributed by atoms with Crippen molar-refractivity contribution in [2.45, 2.75) is 20.0 Å². The largest absolute Gasteiger partial charge is 0.489 e. The number of amides is 1. The highest BCUT2D eigenvalue weighted by Gasteiger charge is 2.14. The Hall–Kier alpha value is -2.33. The second kappa shape index (κ2) is 7.09. The second-order valence-corrected chi connectivity index (χ2v) is 5.38. The van der Waals surface area contributed by atoms with Crippen LogP contribution in [-0.4, -0.2) is 18.3 Å². The van der Waals surface area contributed by atoms with E-state index < -0.39 is 0 Å². The van der Waals surface area contributed by atoms with Gasteiger partial charge in [0.05, 0.1) is 22.4 Å². The summed E-state index contributed by atoms with van der Waals surface area (Å²) in [4.78, 5) is 23.3. The summed E-state index contributed by atoms with van der Waals surface area (Å²) in [5.74, 6) is 0.142. The lowest BCUT2D eigenvalue weighted by molar-refractivity contribution is 0.102. The van der Waals surface area contributed by atoms with E-state index in [-0.39, 0.29) is 12.0 Å². The van der Waals surface area contributed by atoms with Crippen LogP contribution < -0.4 is 10.1 Å². The van der Waals surface area contributed by atoms with E-state index in [0.29, 0.717) is 33.9 Å². The van der Waals surface area contributed by atoms with Crippen LogP contribution in [0.1, 0.15) is 34.6 Å². The van der Waals surface area contributed by atoms with E-state index in [1.165, 1.54) is 0 Å². The molecule has 5 heteroatoms. The minimum Gasteiger partial charge on any atom is -0.489 e. The molecule has 2 aromatic rings. The fourth-order valence-corrected chi connectivity index (χ4v) is 2.13. The lowest BCUT2D eigenvalue weighted by Crippen LogP contribution is -2.15. The van der Waals surface area contributed by atoms with Crippen LogP contribution in [0, 0.1) is 0 Å². The number of rotatable bonds is 5. The van der Waals surface area contributed by atoms with E-state index in [9.17, 15) is 9.59 Å². The summed E-state index contributed by atoms with van der Waals surface area (Å²) < 4.78 is 5.65. The smallest absolute Gasteiger partial charge is 0.257 e. The van der Waals surface area contributed by atoms with Gasteiger partial charge in [0.2, 0.25) is 0 Å². The summed E-state index contributed by atoms with van der Waals surface area (Å²) in [6, 6.07) is 11.6. The monoisotopic (exact) mass is 317 g/mol. The summed E-state index contributed by atoms with van der Waals surface area (Å²) in [5.41, 5.74) is 1.24. The zero-order valence-corrected chi connectivity index (χ0v) is 13.1. The molecule has 0 radical (unpaired) electrons. The molecule has 114 valence electrons. The van der Waals surface area contributed by atoms with Gasteiger partial charge in [-0.3, -0.25) is 9.59 Å². The minimum absolute atomic E-state index is 0.0574. The highest BCUT2D eigenvalue weighted by atomic mass is 35.5. The molecule has 0 spiro atoms. The summed E-state index contributed by atoms with van der Waals surface area (Å²) in [6.45, 7) is 3.76. The standard InChI is InChI=1S/C17H16ClNO3/c1-11(2)22-16-8-7-12(10-20)9-15(16)19-17(21)13-5-3-4-6-14(13)18/h3-11H,1-2H3,(H,19,21). The molecule has 0 aromatic heterocycles. The van der Waals surface area contributed by atoms with Gasteiger partial charge in [0.15, 0.2) is 0 Å². The number of ether oxygens (including phenoxy) is 1. The van der Waals surface area contributed by atoms with Crippen molar-refractivity contribution >= 4 is 29.5 Å². The maximum atomic E-state index is 12.3. The van der Waals surface area contributed by atoms with E-state index in [2.05, 4.69) is 5.32 Å². The van der Waals surface area contributed by atoms with Gasteiger partial charge in [-0.15, -0.1) is 0 Å². The first-order chi connectivity index (χ1) is 10.5. The zero-order valence-electron chi connectivity index (χ0n) is 12.3. The fourth-order valence-electron chi connectivity index (χ4n) is 1.91. The van der Waals surface area contributed by atoms with E-state index >= 15 is 0 Å². The number of aldehydes is 1. The molecule has 0 bridgehead atoms. The molecule has 1 amide bonds. The Balaban J connectivity index is 2.32. The van der Waals surface area contributed by atoms with E-state index in [4.69, 9.17) is 16.3 Å². The number of carbonyl (C=O) groups excluding carboxylic acids is 2. The molecule has 2 aromatic carbocycles. The normalized spacial score (nSPS) is 10.4. The molecular weight excluding hydrogens is 302 g/mol. The molecule has 0 aliphatic heterocycles. The maximum absolute atomic E-state index is 12.3. The maximum Gasteiger partial charge on any atom is 0.257 e. The van der Waals surface area contributed by atoms with Gasteiger partial charge in [-0.2, -0.15) is 0 Å². The van der Waals surface area contributed by atoms with Gasteiger partial charge in [-0.25, -0.2) is 0 Å². The quantitative estimate of drug-likeness (QED) is 0.841. The van der Waals surface area contributed by atoms with Crippen LogP contribution in [0.15, 0.2) is 42.5 Å². The average Bonchev–Trinajstić information content (AvgIpc) is 2.48. The van der Waals surface area contributed by atoms with Crippen molar-refractivity contribution in [3.05, 3.63) is 58.6 Å². The number of carbonyl (C=O) groups is 2. The topological polar surface area (TPSA) is 55.4 Å². The van der Waals surface area contributed by atoms with Gasteiger partial charge in [0.1, 0.15) is 12.0 Å². The molecule has 0 atom stereocenters. The molecule has 0 saturated carbocycles. The third-order valence-corrected chi connectivity index (χ3v) is 3.20. The van der Waals surface area contributed by atoms with E-state index in [1.54, 1.807) is 42.5 Å². The molecule has 0 aliphatic rings.